The first-order chi connectivity index (χ1) is 15.2. The van der Waals surface area contributed by atoms with E-state index in [-0.39, 0.29) is 18.3 Å². The zero-order chi connectivity index (χ0) is 22.6. The number of aryl methyl sites for hydroxylation is 1. The fourth-order valence-electron chi connectivity index (χ4n) is 4.48. The molecule has 0 aromatic carbocycles. The zero-order valence-corrected chi connectivity index (χ0v) is 17.8. The molecule has 0 radical (unpaired) electrons. The number of pyridine rings is 1. The Morgan fingerprint density at radius 3 is 2.66 bits per heavy atom. The minimum absolute atomic E-state index is 0.0326. The molecule has 0 amide bonds. The third-order valence-corrected chi connectivity index (χ3v) is 6.41. The number of alkyl halides is 3. The van der Waals surface area contributed by atoms with E-state index in [0.717, 1.165) is 17.5 Å². The summed E-state index contributed by atoms with van der Waals surface area (Å²) in [6, 6.07) is 1.13. The van der Waals surface area contributed by atoms with Crippen LogP contribution >= 0.6 is 0 Å². The molecule has 3 aromatic heterocycles. The van der Waals surface area contributed by atoms with E-state index in [0.29, 0.717) is 61.9 Å². The highest BCUT2D eigenvalue weighted by Gasteiger charge is 2.33. The Morgan fingerprint density at radius 2 is 1.94 bits per heavy atom. The highest BCUT2D eigenvalue weighted by Crippen LogP contribution is 2.32. The molecular weight excluding hydrogens is 425 g/mol. The molecule has 2 aliphatic heterocycles. The number of anilines is 1. The van der Waals surface area contributed by atoms with Crippen LogP contribution in [0.2, 0.25) is 0 Å². The lowest BCUT2D eigenvalue weighted by atomic mass is 10.0. The van der Waals surface area contributed by atoms with Crippen molar-refractivity contribution in [3.63, 3.8) is 0 Å². The summed E-state index contributed by atoms with van der Waals surface area (Å²) >= 11 is 0. The van der Waals surface area contributed by atoms with Crippen LogP contribution in [0.1, 0.15) is 47.0 Å². The predicted octanol–water partition coefficient (Wildman–Crippen LogP) is 2.84. The summed E-state index contributed by atoms with van der Waals surface area (Å²) < 4.78 is 47.8. The molecule has 0 bridgehead atoms. The van der Waals surface area contributed by atoms with Gasteiger partial charge in [-0.3, -0.25) is 4.98 Å². The van der Waals surface area contributed by atoms with Crippen molar-refractivity contribution in [3.05, 3.63) is 50.8 Å². The van der Waals surface area contributed by atoms with Crippen molar-refractivity contribution in [1.82, 2.24) is 24.1 Å². The normalized spacial score (nSPS) is 17.7. The molecule has 3 aromatic rings. The van der Waals surface area contributed by atoms with Crippen LogP contribution in [0, 0.1) is 13.8 Å². The summed E-state index contributed by atoms with van der Waals surface area (Å²) in [5.74, 6) is 0.926. The number of hydrogen-bond donors (Lipinski definition) is 0. The summed E-state index contributed by atoms with van der Waals surface area (Å²) in [5.41, 5.74) is 1.75. The zero-order valence-electron chi connectivity index (χ0n) is 17.8. The number of halogens is 3. The number of nitrogens with zero attached hydrogens (tertiary/aromatic N) is 6. The second-order valence-corrected chi connectivity index (χ2v) is 8.35. The lowest BCUT2D eigenvalue weighted by molar-refractivity contribution is -0.137. The van der Waals surface area contributed by atoms with Gasteiger partial charge in [-0.15, -0.1) is 5.10 Å². The van der Waals surface area contributed by atoms with Gasteiger partial charge in [0, 0.05) is 55.9 Å². The quantitative estimate of drug-likeness (QED) is 0.600. The van der Waals surface area contributed by atoms with Crippen LogP contribution in [0.4, 0.5) is 19.0 Å². The molecule has 8 nitrogen and oxygen atoms in total. The van der Waals surface area contributed by atoms with Gasteiger partial charge in [-0.05, 0) is 38.3 Å². The number of aromatic nitrogens is 5. The average molecular weight is 448 g/mol. The van der Waals surface area contributed by atoms with Gasteiger partial charge >= 0.3 is 11.9 Å². The van der Waals surface area contributed by atoms with Gasteiger partial charge in [0.15, 0.2) is 0 Å². The second kappa shape index (κ2) is 7.58. The summed E-state index contributed by atoms with van der Waals surface area (Å²) in [5, 5.41) is 4.50. The lowest BCUT2D eigenvalue weighted by Gasteiger charge is -2.31. The Morgan fingerprint density at radius 1 is 1.19 bits per heavy atom. The third-order valence-electron chi connectivity index (χ3n) is 6.41. The van der Waals surface area contributed by atoms with Crippen molar-refractivity contribution in [2.24, 2.45) is 0 Å². The number of rotatable bonds is 2. The third kappa shape index (κ3) is 3.44. The maximum Gasteiger partial charge on any atom is 0.417 e. The van der Waals surface area contributed by atoms with Crippen molar-refractivity contribution >= 4 is 11.6 Å². The van der Waals surface area contributed by atoms with Crippen LogP contribution in [0.25, 0.3) is 5.78 Å². The Kier molecular flexibility index (Phi) is 4.95. The lowest BCUT2D eigenvalue weighted by Crippen LogP contribution is -2.33. The molecule has 11 heteroatoms. The molecule has 32 heavy (non-hydrogen) atoms. The Hall–Kier alpha value is -2.95. The first-order valence-electron chi connectivity index (χ1n) is 10.6. The maximum absolute atomic E-state index is 13.1. The highest BCUT2D eigenvalue weighted by molar-refractivity contribution is 5.55. The van der Waals surface area contributed by atoms with E-state index in [1.165, 1.54) is 15.1 Å². The van der Waals surface area contributed by atoms with Gasteiger partial charge in [-0.25, -0.2) is 13.9 Å². The van der Waals surface area contributed by atoms with E-state index in [2.05, 4.69) is 15.1 Å². The van der Waals surface area contributed by atoms with Crippen LogP contribution in [0.5, 0.6) is 0 Å². The molecule has 0 N–H and O–H groups in total. The van der Waals surface area contributed by atoms with Gasteiger partial charge in [0.1, 0.15) is 5.82 Å². The molecular formula is C21H23F3N6O2. The summed E-state index contributed by atoms with van der Waals surface area (Å²) in [7, 11) is 0. The van der Waals surface area contributed by atoms with Crippen LogP contribution in [0.3, 0.4) is 0 Å². The Balaban J connectivity index is 1.54. The van der Waals surface area contributed by atoms with Crippen LogP contribution in [-0.2, 0) is 23.9 Å². The van der Waals surface area contributed by atoms with Crippen LogP contribution < -0.4 is 10.6 Å². The predicted molar refractivity (Wildman–Crippen MR) is 110 cm³/mol. The van der Waals surface area contributed by atoms with Gasteiger partial charge in [-0.2, -0.15) is 18.2 Å². The molecule has 0 spiro atoms. The average Bonchev–Trinajstić information content (AvgIpc) is 3.12. The van der Waals surface area contributed by atoms with Crippen LogP contribution in [0.15, 0.2) is 17.1 Å². The summed E-state index contributed by atoms with van der Waals surface area (Å²) in [6.07, 6.45) is -1.60. The fraction of sp³-hybridized carbons (Fsp3) is 0.524. The standard InChI is InChI=1S/C21H23F3N6O2/c1-12-13(2)29-19(27-30(20(29)31)16-4-7-32-8-5-16)26-18(12)28-6-3-17-14(11-28)9-15(10-25-17)21(22,23)24/h9-10,16H,3-8,11H2,1-2H3. The minimum Gasteiger partial charge on any atom is -0.381 e. The van der Waals surface area contributed by atoms with Crippen LogP contribution in [-0.4, -0.2) is 43.9 Å². The van der Waals surface area contributed by atoms with Crippen molar-refractivity contribution in [2.75, 3.05) is 24.7 Å². The largest absolute Gasteiger partial charge is 0.417 e. The van der Waals surface area contributed by atoms with Crippen molar-refractivity contribution in [2.45, 2.75) is 51.9 Å². The van der Waals surface area contributed by atoms with Gasteiger partial charge in [0.2, 0.25) is 0 Å². The van der Waals surface area contributed by atoms with Crippen molar-refractivity contribution < 1.29 is 17.9 Å². The molecule has 0 atom stereocenters. The highest BCUT2D eigenvalue weighted by atomic mass is 19.4. The van der Waals surface area contributed by atoms with Gasteiger partial charge in [0.05, 0.1) is 11.6 Å². The number of hydrogen-bond acceptors (Lipinski definition) is 6. The van der Waals surface area contributed by atoms with Crippen molar-refractivity contribution in [1.29, 1.82) is 0 Å². The monoisotopic (exact) mass is 448 g/mol. The summed E-state index contributed by atoms with van der Waals surface area (Å²) in [6.45, 7) is 5.72. The van der Waals surface area contributed by atoms with Gasteiger partial charge in [-0.1, -0.05) is 0 Å². The molecule has 5 heterocycles. The van der Waals surface area contributed by atoms with E-state index in [4.69, 9.17) is 4.74 Å². The molecule has 170 valence electrons. The van der Waals surface area contributed by atoms with E-state index < -0.39 is 11.7 Å². The topological polar surface area (TPSA) is 77.6 Å². The fourth-order valence-corrected chi connectivity index (χ4v) is 4.48. The van der Waals surface area contributed by atoms with Gasteiger partial charge in [0.25, 0.3) is 5.78 Å². The number of fused-ring (bicyclic) bond motifs is 2. The smallest absolute Gasteiger partial charge is 0.381 e. The van der Waals surface area contributed by atoms with E-state index in [1.807, 2.05) is 18.7 Å². The first kappa shape index (κ1) is 20.9. The molecule has 5 rings (SSSR count). The van der Waals surface area contributed by atoms with Crippen molar-refractivity contribution in [3.8, 4) is 0 Å². The van der Waals surface area contributed by atoms with E-state index in [1.54, 1.807) is 0 Å². The van der Waals surface area contributed by atoms with E-state index >= 15 is 0 Å². The molecule has 1 saturated heterocycles. The Bertz CT molecular complexity index is 1240. The maximum atomic E-state index is 13.1. The summed E-state index contributed by atoms with van der Waals surface area (Å²) in [4.78, 5) is 23.7. The minimum atomic E-state index is -4.44. The molecule has 0 saturated carbocycles. The SMILES string of the molecule is Cc1c(N2CCc3ncc(C(F)(F)F)cc3C2)nc2nn(C3CCOCC3)c(=O)n2c1C. The molecule has 2 aliphatic rings. The molecule has 1 fully saturated rings. The molecule has 0 unspecified atom stereocenters. The first-order valence-corrected chi connectivity index (χ1v) is 10.6. The molecule has 0 aliphatic carbocycles. The van der Waals surface area contributed by atoms with Gasteiger partial charge < -0.3 is 9.64 Å². The number of ether oxygens (including phenoxy) is 1. The van der Waals surface area contributed by atoms with E-state index in [9.17, 15) is 18.0 Å². The second-order valence-electron chi connectivity index (χ2n) is 8.35. The Labute approximate surface area is 181 Å².